The molecule has 16 nitrogen and oxygen atoms in total. The van der Waals surface area contributed by atoms with Crippen molar-refractivity contribution in [2.45, 2.75) is 295 Å². The lowest BCUT2D eigenvalue weighted by Crippen LogP contribution is -2.63. The highest BCUT2D eigenvalue weighted by Gasteiger charge is 2.70. The Kier molecular flexibility index (Phi) is 21.7. The van der Waals surface area contributed by atoms with Gasteiger partial charge in [0.15, 0.2) is 0 Å². The molecule has 3 amide bonds. The molecule has 0 heterocycles. The summed E-state index contributed by atoms with van der Waals surface area (Å²) in [4.78, 5) is 44.1. The number of nitrogens with one attached hydrogen (secondary N) is 4. The molecule has 111 heavy (non-hydrogen) atoms. The number of aliphatic hydroxyl groups excluding tert-OH is 6. The average Bonchev–Trinajstić information content (AvgIpc) is 1.67. The van der Waals surface area contributed by atoms with Gasteiger partial charge < -0.3 is 51.5 Å². The number of carbonyl (C=O) groups is 3. The molecule has 0 radical (unpaired) electrons. The number of hydrogen-bond acceptors (Lipinski definition) is 12. The van der Waals surface area contributed by atoms with Crippen LogP contribution in [0.4, 0.5) is 11.4 Å². The van der Waals surface area contributed by atoms with E-state index in [1.165, 1.54) is 0 Å². The summed E-state index contributed by atoms with van der Waals surface area (Å²) < 4.78 is 31.6. The van der Waals surface area contributed by atoms with E-state index in [1.807, 2.05) is 79.7 Å². The van der Waals surface area contributed by atoms with E-state index in [1.54, 1.807) is 6.07 Å². The van der Waals surface area contributed by atoms with E-state index in [9.17, 15) is 53.4 Å². The number of hydrogen-bond donors (Lipinski definition) is 10. The van der Waals surface area contributed by atoms with Gasteiger partial charge in [0, 0.05) is 79.0 Å². The molecule has 0 bridgehead atoms. The first-order chi connectivity index (χ1) is 52.7. The zero-order chi connectivity index (χ0) is 78.6. The summed E-state index contributed by atoms with van der Waals surface area (Å²) in [7, 11) is 0.0776. The normalized spacial score (nSPS) is 44.4. The van der Waals surface area contributed by atoms with Crippen LogP contribution in [0.15, 0.2) is 83.8 Å². The Morgan fingerprint density at radius 1 is 0.432 bits per heavy atom. The van der Waals surface area contributed by atoms with Crippen LogP contribution in [-0.2, 0) is 24.4 Å². The highest BCUT2D eigenvalue weighted by Crippen LogP contribution is 2.73. The molecule has 610 valence electrons. The summed E-state index contributed by atoms with van der Waals surface area (Å²) in [6.45, 7) is 21.0. The summed E-state index contributed by atoms with van der Waals surface area (Å²) in [6, 6.07) is 25.2. The van der Waals surface area contributed by atoms with Gasteiger partial charge in [-0.15, -0.1) is 0 Å². The quantitative estimate of drug-likeness (QED) is 0.0421. The first kappa shape index (κ1) is 80.1. The number of sulfonamides is 1. The fraction of sp³-hybridized carbons (Fsp3) is 0.755. The van der Waals surface area contributed by atoms with Crippen molar-refractivity contribution in [3.63, 3.8) is 0 Å². The van der Waals surface area contributed by atoms with Gasteiger partial charge in [0.1, 0.15) is 0 Å². The zero-order valence-electron chi connectivity index (χ0n) is 68.8. The molecule has 0 aliphatic heterocycles. The molecule has 12 aliphatic carbocycles. The SMILES string of the molecule is CC(CCC(=O)Nc1cccc2ccccc12)C1CCC2[C@@H]3C(CC(O)C12C)C1(C)CC[C@@H](NC(=O)CCC(C)C2CCC4[C@@H]5C(CC(O)C24C)C2(C)CC[C@@H](NC(=O)CCC(C)C4CCC6[C@@H]7C(CC(O)C46C)C4(C)CC[C@@H](NS(=O)(=O)c6cccc8c(N(C)C)cccc68)C[C@H]4C[C@@H]7O)C[C@H]2C[C@@H]5O)C[C@H]1C[C@@H]3O. The summed E-state index contributed by atoms with van der Waals surface area (Å²) in [5.41, 5.74) is 0.479. The van der Waals surface area contributed by atoms with Crippen molar-refractivity contribution in [1.29, 1.82) is 0 Å². The molecule has 4 aromatic rings. The molecule has 21 unspecified atom stereocenters. The van der Waals surface area contributed by atoms with E-state index < -0.39 is 46.6 Å². The van der Waals surface area contributed by atoms with Crippen molar-refractivity contribution in [1.82, 2.24) is 15.4 Å². The third-order valence-corrected chi connectivity index (χ3v) is 38.5. The smallest absolute Gasteiger partial charge is 0.241 e. The number of rotatable bonds is 19. The van der Waals surface area contributed by atoms with Crippen molar-refractivity contribution < 1.29 is 53.4 Å². The van der Waals surface area contributed by atoms with Crippen LogP contribution in [-0.4, -0.2) is 126 Å². The molecule has 4 aromatic carbocycles. The lowest BCUT2D eigenvalue weighted by atomic mass is 9.43. The molecular weight excluding hydrogens is 1410 g/mol. The Morgan fingerprint density at radius 2 is 0.811 bits per heavy atom. The lowest BCUT2D eigenvalue weighted by molar-refractivity contribution is -0.202. The van der Waals surface area contributed by atoms with Gasteiger partial charge in [0.25, 0.3) is 0 Å². The standard InChI is InChI=1S/C94H137N5O11S/c1-52(25-34-83(106)95-60-38-41-90(5)57(44-60)47-77(101)87-69-33-30-67(94(69,9)81(104)50-72(87)90)54(3)27-36-85(108)97-74-22-14-18-55-17-12-13-19-62(55)74)65-28-31-68-86-71(49-80(103)92(65,68)7)89(4)40-37-59(43-56(89)46-76(86)100)96-84(107)35-26-53(2)66-29-32-70-88-73(51-82(105)93(66,70)8)91(6)42-39-61(45-58(91)48-78(88)102)98-111(109,110)79-24-16-20-63-64(79)21-15-23-75(63)99(10)11/h12-24,52-54,56-61,65-73,76-78,80-82,86-88,98,100-105H,25-51H2,1-11H3,(H,95,106)(H,96,107)(H,97,108)/t52?,53?,54?,56-,57-,58-,59+,60+,61+,65?,66?,67?,68?,69?,70?,71?,72?,73?,76-,77-,78-,80?,81?,82?,86+,87+,88+,89?,90?,91?,92?,93?,94?/m0/s1. The van der Waals surface area contributed by atoms with Gasteiger partial charge in [-0.05, 0) is 317 Å². The number of nitrogens with zero attached hydrogens (tertiary/aromatic N) is 1. The second kappa shape index (κ2) is 30.0. The number of benzene rings is 4. The van der Waals surface area contributed by atoms with Gasteiger partial charge in [0.05, 0.1) is 41.5 Å². The summed E-state index contributed by atoms with van der Waals surface area (Å²) >= 11 is 0. The molecule has 0 spiro atoms. The molecule has 17 heteroatoms. The van der Waals surface area contributed by atoms with Gasteiger partial charge in [-0.3, -0.25) is 14.4 Å². The van der Waals surface area contributed by atoms with Crippen LogP contribution >= 0.6 is 0 Å². The Bertz CT molecular complexity index is 4230. The fourth-order valence-corrected chi connectivity index (χ4v) is 32.3. The first-order valence-electron chi connectivity index (χ1n) is 44.4. The maximum Gasteiger partial charge on any atom is 0.241 e. The fourth-order valence-electron chi connectivity index (χ4n) is 30.8. The number of carbonyl (C=O) groups excluding carboxylic acids is 3. The largest absolute Gasteiger partial charge is 0.393 e. The van der Waals surface area contributed by atoms with Crippen molar-refractivity contribution in [3.8, 4) is 0 Å². The molecule has 12 fully saturated rings. The molecule has 12 aliphatic rings. The zero-order valence-corrected chi connectivity index (χ0v) is 69.6. The van der Waals surface area contributed by atoms with Crippen LogP contribution < -0.4 is 25.6 Å². The number of fused-ring (bicyclic) bond motifs is 17. The highest BCUT2D eigenvalue weighted by molar-refractivity contribution is 7.89. The molecular formula is C94H137N5O11S. The van der Waals surface area contributed by atoms with Crippen molar-refractivity contribution in [2.24, 2.45) is 139 Å². The van der Waals surface area contributed by atoms with E-state index >= 15 is 0 Å². The Balaban J connectivity index is 0.478. The molecule has 16 rings (SSSR count). The minimum atomic E-state index is -3.85. The van der Waals surface area contributed by atoms with Gasteiger partial charge >= 0.3 is 0 Å². The minimum Gasteiger partial charge on any atom is -0.393 e. The summed E-state index contributed by atoms with van der Waals surface area (Å²) in [5, 5.41) is 88.7. The molecule has 10 N–H and O–H groups in total. The average molecular weight is 1550 g/mol. The van der Waals surface area contributed by atoms with Gasteiger partial charge in [0.2, 0.25) is 27.7 Å². The van der Waals surface area contributed by atoms with Crippen molar-refractivity contribution in [3.05, 3.63) is 78.9 Å². The van der Waals surface area contributed by atoms with Crippen LogP contribution in [0.2, 0.25) is 0 Å². The summed E-state index contributed by atoms with van der Waals surface area (Å²) in [6.07, 6.45) is 17.9. The second-order valence-corrected chi connectivity index (χ2v) is 43.3. The van der Waals surface area contributed by atoms with Crippen molar-refractivity contribution in [2.75, 3.05) is 24.3 Å². The van der Waals surface area contributed by atoms with Gasteiger partial charge in [-0.1, -0.05) is 123 Å². The number of aliphatic hydroxyl groups is 6. The maximum absolute atomic E-state index is 14.3. The Morgan fingerprint density at radius 3 is 1.26 bits per heavy atom. The second-order valence-electron chi connectivity index (χ2n) is 41.6. The van der Waals surface area contributed by atoms with E-state index in [-0.39, 0.29) is 180 Å². The Labute approximate surface area is 663 Å². The Hall–Kier alpha value is -4.72. The van der Waals surface area contributed by atoms with Crippen LogP contribution in [0.3, 0.4) is 0 Å². The van der Waals surface area contributed by atoms with E-state index in [0.717, 1.165) is 137 Å². The van der Waals surface area contributed by atoms with Gasteiger partial charge in [-0.2, -0.15) is 0 Å². The van der Waals surface area contributed by atoms with Crippen LogP contribution in [0.25, 0.3) is 21.5 Å². The minimum absolute atomic E-state index is 0.0178. The predicted molar refractivity (Wildman–Crippen MR) is 438 cm³/mol. The van der Waals surface area contributed by atoms with Crippen LogP contribution in [0.5, 0.6) is 0 Å². The van der Waals surface area contributed by atoms with Crippen LogP contribution in [0, 0.1) is 139 Å². The van der Waals surface area contributed by atoms with Gasteiger partial charge in [-0.25, -0.2) is 13.1 Å². The predicted octanol–water partition coefficient (Wildman–Crippen LogP) is 15.4. The van der Waals surface area contributed by atoms with E-state index in [4.69, 9.17) is 0 Å². The summed E-state index contributed by atoms with van der Waals surface area (Å²) in [5.74, 6) is 3.49. The third-order valence-electron chi connectivity index (χ3n) is 36.9. The van der Waals surface area contributed by atoms with E-state index in [0.29, 0.717) is 69.6 Å². The monoisotopic (exact) mass is 1540 g/mol. The van der Waals surface area contributed by atoms with Crippen LogP contribution in [0.1, 0.15) is 236 Å². The highest BCUT2D eigenvalue weighted by atomic mass is 32.2. The number of anilines is 2. The first-order valence-corrected chi connectivity index (χ1v) is 45.9. The van der Waals surface area contributed by atoms with Crippen molar-refractivity contribution >= 4 is 60.7 Å². The molecule has 33 atom stereocenters. The molecule has 0 aromatic heterocycles. The lowest BCUT2D eigenvalue weighted by Gasteiger charge is -2.64. The van der Waals surface area contributed by atoms with E-state index in [2.05, 4.69) is 95.1 Å². The number of amides is 3. The maximum atomic E-state index is 14.3. The molecule has 0 saturated heterocycles. The molecule has 12 saturated carbocycles. The topological polar surface area (TPSA) is 258 Å². The third kappa shape index (κ3) is 13.4.